The van der Waals surface area contributed by atoms with Gasteiger partial charge in [0.25, 0.3) is 5.56 Å². The third-order valence-corrected chi connectivity index (χ3v) is 6.71. The molecule has 0 amide bonds. The molecule has 5 aromatic rings. The molecule has 0 saturated heterocycles. The van der Waals surface area contributed by atoms with E-state index in [1.54, 1.807) is 31.2 Å². The van der Waals surface area contributed by atoms with Crippen LogP contribution in [0.25, 0.3) is 21.9 Å². The van der Waals surface area contributed by atoms with Gasteiger partial charge in [0.1, 0.15) is 16.9 Å². The number of fused-ring (bicyclic) bond motifs is 3. The summed E-state index contributed by atoms with van der Waals surface area (Å²) in [6.07, 6.45) is 2.16. The van der Waals surface area contributed by atoms with Gasteiger partial charge in [0, 0.05) is 18.5 Å². The van der Waals surface area contributed by atoms with Crippen LogP contribution in [-0.2, 0) is 19.5 Å². The minimum Gasteiger partial charge on any atom is -0.493 e. The minimum atomic E-state index is -0.354. The SMILES string of the molecule is COc1ccc(CCn2cnc3c4cc(F)ccc4n(Cc4cc(C)ccc4C)c3c2=O)cc1OC. The van der Waals surface area contributed by atoms with Gasteiger partial charge in [-0.15, -0.1) is 0 Å². The Labute approximate surface area is 208 Å². The van der Waals surface area contributed by atoms with E-state index in [-0.39, 0.29) is 11.4 Å². The number of ether oxygens (including phenoxy) is 2. The zero-order valence-electron chi connectivity index (χ0n) is 20.8. The van der Waals surface area contributed by atoms with Gasteiger partial charge in [-0.3, -0.25) is 9.36 Å². The van der Waals surface area contributed by atoms with Crippen molar-refractivity contribution in [3.05, 3.63) is 99.3 Å². The Hall–Kier alpha value is -4.13. The molecule has 0 fully saturated rings. The Morgan fingerprint density at radius 2 is 1.75 bits per heavy atom. The molecule has 3 aromatic carbocycles. The highest BCUT2D eigenvalue weighted by molar-refractivity contribution is 6.05. The second-order valence-electron chi connectivity index (χ2n) is 9.06. The molecule has 0 unspecified atom stereocenters. The number of rotatable bonds is 7. The second-order valence-corrected chi connectivity index (χ2v) is 9.06. The van der Waals surface area contributed by atoms with Crippen LogP contribution in [0.2, 0.25) is 0 Å². The predicted molar refractivity (Wildman–Crippen MR) is 140 cm³/mol. The van der Waals surface area contributed by atoms with Gasteiger partial charge in [-0.25, -0.2) is 9.37 Å². The van der Waals surface area contributed by atoms with Crippen LogP contribution in [-0.4, -0.2) is 28.3 Å². The van der Waals surface area contributed by atoms with Crippen molar-refractivity contribution in [3.63, 3.8) is 0 Å². The first-order chi connectivity index (χ1) is 17.4. The number of aromatic nitrogens is 3. The highest BCUT2D eigenvalue weighted by atomic mass is 19.1. The van der Waals surface area contributed by atoms with Crippen LogP contribution >= 0.6 is 0 Å². The van der Waals surface area contributed by atoms with E-state index in [0.717, 1.165) is 27.8 Å². The van der Waals surface area contributed by atoms with Crippen molar-refractivity contribution in [1.29, 1.82) is 0 Å². The Morgan fingerprint density at radius 1 is 0.944 bits per heavy atom. The lowest BCUT2D eigenvalue weighted by Gasteiger charge is -2.12. The molecule has 0 radical (unpaired) electrons. The minimum absolute atomic E-state index is 0.151. The molecule has 2 heterocycles. The monoisotopic (exact) mass is 485 g/mol. The normalized spacial score (nSPS) is 11.4. The second kappa shape index (κ2) is 9.49. The summed E-state index contributed by atoms with van der Waals surface area (Å²) in [4.78, 5) is 18.4. The number of aryl methyl sites for hydroxylation is 4. The standard InChI is InChI=1S/C29H28FN3O3/c1-18-5-6-19(2)21(13-18)16-33-24-9-8-22(30)15-23(24)27-28(33)29(34)32(17-31-27)12-11-20-7-10-25(35-3)26(14-20)36-4/h5-10,13-15,17H,11-12,16H2,1-4H3. The van der Waals surface area contributed by atoms with Gasteiger partial charge >= 0.3 is 0 Å². The van der Waals surface area contributed by atoms with E-state index in [0.29, 0.717) is 47.4 Å². The van der Waals surface area contributed by atoms with Gasteiger partial charge in [-0.1, -0.05) is 29.8 Å². The molecule has 0 atom stereocenters. The van der Waals surface area contributed by atoms with Crippen LogP contribution in [0.15, 0.2) is 65.7 Å². The lowest BCUT2D eigenvalue weighted by Crippen LogP contribution is -2.23. The van der Waals surface area contributed by atoms with Crippen molar-refractivity contribution < 1.29 is 13.9 Å². The van der Waals surface area contributed by atoms with Crippen LogP contribution in [0, 0.1) is 19.7 Å². The molecule has 7 heteroatoms. The molecule has 6 nitrogen and oxygen atoms in total. The van der Waals surface area contributed by atoms with Gasteiger partial charge in [-0.2, -0.15) is 0 Å². The third-order valence-electron chi connectivity index (χ3n) is 6.71. The lowest BCUT2D eigenvalue weighted by molar-refractivity contribution is 0.354. The first kappa shape index (κ1) is 23.6. The average molecular weight is 486 g/mol. The van der Waals surface area contributed by atoms with Crippen molar-refractivity contribution in [2.45, 2.75) is 33.4 Å². The van der Waals surface area contributed by atoms with Gasteiger partial charge < -0.3 is 14.0 Å². The molecule has 0 aliphatic rings. The van der Waals surface area contributed by atoms with Crippen molar-refractivity contribution in [3.8, 4) is 11.5 Å². The van der Waals surface area contributed by atoms with Gasteiger partial charge in [0.2, 0.25) is 0 Å². The third kappa shape index (κ3) is 4.21. The molecular weight excluding hydrogens is 457 g/mol. The number of hydrogen-bond donors (Lipinski definition) is 0. The lowest BCUT2D eigenvalue weighted by atomic mass is 10.1. The van der Waals surface area contributed by atoms with Crippen LogP contribution in [0.1, 0.15) is 22.3 Å². The van der Waals surface area contributed by atoms with Crippen molar-refractivity contribution >= 4 is 21.9 Å². The molecule has 0 aliphatic heterocycles. The summed E-state index contributed by atoms with van der Waals surface area (Å²) in [5.74, 6) is 0.948. The summed E-state index contributed by atoms with van der Waals surface area (Å²) in [5.41, 5.74) is 6.03. The van der Waals surface area contributed by atoms with E-state index in [1.807, 2.05) is 29.7 Å². The van der Waals surface area contributed by atoms with Crippen LogP contribution < -0.4 is 15.0 Å². The summed E-state index contributed by atoms with van der Waals surface area (Å²) < 4.78 is 28.5. The maximum atomic E-state index is 14.2. The quantitative estimate of drug-likeness (QED) is 0.309. The number of hydrogen-bond acceptors (Lipinski definition) is 4. The first-order valence-corrected chi connectivity index (χ1v) is 11.8. The molecular formula is C29H28FN3O3. The maximum Gasteiger partial charge on any atom is 0.277 e. The van der Waals surface area contributed by atoms with Crippen LogP contribution in [0.3, 0.4) is 0 Å². The molecule has 184 valence electrons. The van der Waals surface area contributed by atoms with Gasteiger partial charge in [-0.05, 0) is 67.3 Å². The van der Waals surface area contributed by atoms with Crippen LogP contribution in [0.5, 0.6) is 11.5 Å². The smallest absolute Gasteiger partial charge is 0.277 e. The molecule has 5 rings (SSSR count). The zero-order chi connectivity index (χ0) is 25.4. The molecule has 0 bridgehead atoms. The highest BCUT2D eigenvalue weighted by Crippen LogP contribution is 2.29. The fraction of sp³-hybridized carbons (Fsp3) is 0.241. The average Bonchev–Trinajstić information content (AvgIpc) is 3.18. The van der Waals surface area contributed by atoms with E-state index < -0.39 is 0 Å². The number of halogens is 1. The number of nitrogens with zero attached hydrogens (tertiary/aromatic N) is 3. The molecule has 0 spiro atoms. The van der Waals surface area contributed by atoms with E-state index in [4.69, 9.17) is 9.47 Å². The summed E-state index contributed by atoms with van der Waals surface area (Å²) in [6.45, 7) is 5.04. The van der Waals surface area contributed by atoms with Crippen molar-refractivity contribution in [1.82, 2.24) is 14.1 Å². The van der Waals surface area contributed by atoms with Crippen molar-refractivity contribution in [2.75, 3.05) is 14.2 Å². The van der Waals surface area contributed by atoms with Gasteiger partial charge in [0.15, 0.2) is 11.5 Å². The number of methoxy groups -OCH3 is 2. The zero-order valence-corrected chi connectivity index (χ0v) is 20.8. The highest BCUT2D eigenvalue weighted by Gasteiger charge is 2.18. The Kier molecular flexibility index (Phi) is 6.22. The Morgan fingerprint density at radius 3 is 2.53 bits per heavy atom. The maximum absolute atomic E-state index is 14.2. The predicted octanol–water partition coefficient (Wildman–Crippen LogP) is 5.42. The Bertz CT molecular complexity index is 1650. The van der Waals surface area contributed by atoms with E-state index in [1.165, 1.54) is 12.1 Å². The molecule has 0 saturated carbocycles. The van der Waals surface area contributed by atoms with E-state index in [2.05, 4.69) is 30.1 Å². The van der Waals surface area contributed by atoms with Crippen LogP contribution in [0.4, 0.5) is 4.39 Å². The number of benzene rings is 3. The molecule has 0 aliphatic carbocycles. The fourth-order valence-corrected chi connectivity index (χ4v) is 4.72. The Balaban J connectivity index is 1.59. The van der Waals surface area contributed by atoms with Crippen molar-refractivity contribution in [2.24, 2.45) is 0 Å². The van der Waals surface area contributed by atoms with Gasteiger partial charge in [0.05, 0.1) is 26.1 Å². The largest absolute Gasteiger partial charge is 0.493 e. The van der Waals surface area contributed by atoms with E-state index >= 15 is 0 Å². The fourth-order valence-electron chi connectivity index (χ4n) is 4.72. The summed E-state index contributed by atoms with van der Waals surface area (Å²) >= 11 is 0. The molecule has 0 N–H and O–H groups in total. The first-order valence-electron chi connectivity index (χ1n) is 11.8. The summed E-state index contributed by atoms with van der Waals surface area (Å²) in [5, 5.41) is 0.638. The topological polar surface area (TPSA) is 58.3 Å². The molecule has 36 heavy (non-hydrogen) atoms. The molecule has 2 aromatic heterocycles. The van der Waals surface area contributed by atoms with E-state index in [9.17, 15) is 9.18 Å². The summed E-state index contributed by atoms with van der Waals surface area (Å²) in [7, 11) is 3.20. The summed E-state index contributed by atoms with van der Waals surface area (Å²) in [6, 6.07) is 16.6.